The second kappa shape index (κ2) is 17.9. The van der Waals surface area contributed by atoms with E-state index in [9.17, 15) is 29.4 Å². The van der Waals surface area contributed by atoms with Gasteiger partial charge in [0.2, 0.25) is 17.7 Å². The summed E-state index contributed by atoms with van der Waals surface area (Å²) in [5.41, 5.74) is 13.0. The van der Waals surface area contributed by atoms with Gasteiger partial charge in [0.05, 0.1) is 6.04 Å². The predicted octanol–water partition coefficient (Wildman–Crippen LogP) is 0.926. The summed E-state index contributed by atoms with van der Waals surface area (Å²) in [5.74, 6) is -2.26. The van der Waals surface area contributed by atoms with E-state index >= 15 is 0 Å². The Bertz CT molecular complexity index is 1120. The number of amides is 3. The molecule has 2 aromatic rings. The largest absolute Gasteiger partial charge is 0.508 e. The summed E-state index contributed by atoms with van der Waals surface area (Å²) < 4.78 is 0. The lowest BCUT2D eigenvalue weighted by molar-refractivity contribution is -0.142. The molecule has 2 aromatic carbocycles. The van der Waals surface area contributed by atoms with Crippen molar-refractivity contribution in [3.63, 3.8) is 0 Å². The lowest BCUT2D eigenvalue weighted by Crippen LogP contribution is -2.58. The van der Waals surface area contributed by atoms with E-state index in [1.165, 1.54) is 12.1 Å². The van der Waals surface area contributed by atoms with E-state index in [1.54, 1.807) is 48.2 Å². The molecule has 0 saturated heterocycles. The van der Waals surface area contributed by atoms with Crippen molar-refractivity contribution < 1.29 is 29.4 Å². The van der Waals surface area contributed by atoms with Crippen LogP contribution in [0.4, 0.5) is 0 Å². The summed E-state index contributed by atoms with van der Waals surface area (Å²) in [5, 5.41) is 27.3. The Hall–Kier alpha value is -3.61. The van der Waals surface area contributed by atoms with Crippen molar-refractivity contribution in [1.82, 2.24) is 16.0 Å². The van der Waals surface area contributed by atoms with Crippen molar-refractivity contribution >= 4 is 35.5 Å². The standard InChI is InChI=1S/C29H41N5O6S/c1-41-16-14-22(31)26(36)33-24(18-20-10-12-21(35)13-11-20)28(38)34-25(17-19-7-3-2-4-8-19)27(37)32-23(29(39)40)9-5-6-15-30/h2-4,7-8,10-13,22-25,35H,5-6,9,14-18,30-31H2,1H3,(H,32,37)(H,33,36)(H,34,38)(H,39,40). The zero-order valence-electron chi connectivity index (χ0n) is 23.3. The van der Waals surface area contributed by atoms with Crippen LogP contribution in [0.5, 0.6) is 5.75 Å². The van der Waals surface area contributed by atoms with Crippen LogP contribution in [0.3, 0.4) is 0 Å². The van der Waals surface area contributed by atoms with Crippen molar-refractivity contribution in [2.75, 3.05) is 18.6 Å². The zero-order chi connectivity index (χ0) is 30.2. The molecule has 0 heterocycles. The number of hydrogen-bond donors (Lipinski definition) is 7. The van der Waals surface area contributed by atoms with Gasteiger partial charge in [0, 0.05) is 12.8 Å². The van der Waals surface area contributed by atoms with Gasteiger partial charge in [0.25, 0.3) is 0 Å². The van der Waals surface area contributed by atoms with Crippen LogP contribution in [0.25, 0.3) is 0 Å². The van der Waals surface area contributed by atoms with E-state index < -0.39 is 47.9 Å². The molecule has 2 rings (SSSR count). The Balaban J connectivity index is 2.28. The fraction of sp³-hybridized carbons (Fsp3) is 0.448. The third-order valence-corrected chi connectivity index (χ3v) is 7.10. The second-order valence-corrected chi connectivity index (χ2v) is 10.7. The highest BCUT2D eigenvalue weighted by Gasteiger charge is 2.30. The number of carbonyl (C=O) groups excluding carboxylic acids is 3. The van der Waals surface area contributed by atoms with Crippen molar-refractivity contribution in [2.24, 2.45) is 11.5 Å². The number of aliphatic carboxylic acids is 1. The van der Waals surface area contributed by atoms with Crippen molar-refractivity contribution in [2.45, 2.75) is 62.7 Å². The number of nitrogens with two attached hydrogens (primary N) is 2. The van der Waals surface area contributed by atoms with Gasteiger partial charge in [-0.1, -0.05) is 42.5 Å². The van der Waals surface area contributed by atoms with Crippen LogP contribution in [0, 0.1) is 0 Å². The van der Waals surface area contributed by atoms with E-state index in [1.807, 2.05) is 12.3 Å². The van der Waals surface area contributed by atoms with Crippen LogP contribution in [0.1, 0.15) is 36.8 Å². The highest BCUT2D eigenvalue weighted by molar-refractivity contribution is 7.98. The summed E-state index contributed by atoms with van der Waals surface area (Å²) >= 11 is 1.55. The Labute approximate surface area is 244 Å². The van der Waals surface area contributed by atoms with Crippen molar-refractivity contribution in [1.29, 1.82) is 0 Å². The summed E-state index contributed by atoms with van der Waals surface area (Å²) in [6.45, 7) is 0.405. The van der Waals surface area contributed by atoms with Crippen LogP contribution in [0.2, 0.25) is 0 Å². The van der Waals surface area contributed by atoms with E-state index in [4.69, 9.17) is 11.5 Å². The molecular formula is C29H41N5O6S. The Morgan fingerprint density at radius 1 is 0.780 bits per heavy atom. The summed E-state index contributed by atoms with van der Waals surface area (Å²) in [6, 6.07) is 11.0. The molecule has 3 amide bonds. The van der Waals surface area contributed by atoms with Gasteiger partial charge in [-0.2, -0.15) is 11.8 Å². The molecule has 11 nitrogen and oxygen atoms in total. The molecule has 41 heavy (non-hydrogen) atoms. The van der Waals surface area contributed by atoms with Gasteiger partial charge >= 0.3 is 5.97 Å². The van der Waals surface area contributed by atoms with Crippen molar-refractivity contribution in [3.05, 3.63) is 65.7 Å². The quantitative estimate of drug-likeness (QED) is 0.124. The van der Waals surface area contributed by atoms with Gasteiger partial charge in [0.1, 0.15) is 23.9 Å². The maximum atomic E-state index is 13.6. The molecule has 9 N–H and O–H groups in total. The molecular weight excluding hydrogens is 546 g/mol. The number of thioether (sulfide) groups is 1. The molecule has 0 bridgehead atoms. The minimum atomic E-state index is -1.18. The summed E-state index contributed by atoms with van der Waals surface area (Å²) in [4.78, 5) is 51.6. The van der Waals surface area contributed by atoms with E-state index in [2.05, 4.69) is 16.0 Å². The number of carboxylic acid groups (broad SMARTS) is 1. The monoisotopic (exact) mass is 587 g/mol. The molecule has 0 radical (unpaired) electrons. The van der Waals surface area contributed by atoms with Gasteiger partial charge in [-0.3, -0.25) is 14.4 Å². The van der Waals surface area contributed by atoms with Gasteiger partial charge < -0.3 is 37.6 Å². The number of unbranched alkanes of at least 4 members (excludes halogenated alkanes) is 1. The molecule has 0 aliphatic heterocycles. The molecule has 4 atom stereocenters. The SMILES string of the molecule is CSCCC(N)C(=O)NC(Cc1ccc(O)cc1)C(=O)NC(Cc1ccccc1)C(=O)NC(CCCCN)C(=O)O. The number of carboxylic acids is 1. The minimum absolute atomic E-state index is 0.0527. The second-order valence-electron chi connectivity index (χ2n) is 9.75. The lowest BCUT2D eigenvalue weighted by Gasteiger charge is -2.25. The number of hydrogen-bond acceptors (Lipinski definition) is 8. The molecule has 224 valence electrons. The number of benzene rings is 2. The molecule has 0 spiro atoms. The average molecular weight is 588 g/mol. The minimum Gasteiger partial charge on any atom is -0.508 e. The maximum absolute atomic E-state index is 13.6. The van der Waals surface area contributed by atoms with Crippen molar-refractivity contribution in [3.8, 4) is 5.75 Å². The molecule has 0 aliphatic rings. The number of aromatic hydroxyl groups is 1. The van der Waals surface area contributed by atoms with E-state index in [0.717, 1.165) is 5.56 Å². The number of nitrogens with one attached hydrogen (secondary N) is 3. The van der Waals surface area contributed by atoms with Crippen LogP contribution in [0.15, 0.2) is 54.6 Å². The number of rotatable bonds is 18. The van der Waals surface area contributed by atoms with Gasteiger partial charge in [0.15, 0.2) is 0 Å². The Morgan fingerprint density at radius 2 is 1.32 bits per heavy atom. The highest BCUT2D eigenvalue weighted by atomic mass is 32.2. The fourth-order valence-corrected chi connectivity index (χ4v) is 4.58. The van der Waals surface area contributed by atoms with Gasteiger partial charge in [-0.15, -0.1) is 0 Å². The molecule has 4 unspecified atom stereocenters. The first-order valence-electron chi connectivity index (χ1n) is 13.5. The number of phenols is 1. The van der Waals surface area contributed by atoms with Gasteiger partial charge in [-0.25, -0.2) is 4.79 Å². The molecule has 0 aliphatic carbocycles. The summed E-state index contributed by atoms with van der Waals surface area (Å²) in [7, 11) is 0. The number of phenolic OH excluding ortho intramolecular Hbond substituents is 1. The summed E-state index contributed by atoms with van der Waals surface area (Å²) in [6.07, 6.45) is 3.81. The maximum Gasteiger partial charge on any atom is 0.326 e. The lowest BCUT2D eigenvalue weighted by atomic mass is 10.0. The van der Waals surface area contributed by atoms with Gasteiger partial charge in [-0.05, 0) is 67.5 Å². The Morgan fingerprint density at radius 3 is 1.85 bits per heavy atom. The first kappa shape index (κ1) is 33.6. The van der Waals surface area contributed by atoms with Crippen LogP contribution < -0.4 is 27.4 Å². The fourth-order valence-electron chi connectivity index (χ4n) is 4.09. The molecule has 0 fully saturated rings. The molecule has 0 saturated carbocycles. The van der Waals surface area contributed by atoms with E-state index in [-0.39, 0.29) is 25.0 Å². The normalized spacial score (nSPS) is 13.8. The molecule has 0 aromatic heterocycles. The van der Waals surface area contributed by atoms with Crippen LogP contribution in [-0.2, 0) is 32.0 Å². The van der Waals surface area contributed by atoms with E-state index in [0.29, 0.717) is 37.1 Å². The smallest absolute Gasteiger partial charge is 0.326 e. The predicted molar refractivity (Wildman–Crippen MR) is 159 cm³/mol. The van der Waals surface area contributed by atoms with Crippen LogP contribution in [-0.4, -0.2) is 76.6 Å². The van der Waals surface area contributed by atoms with Crippen LogP contribution >= 0.6 is 11.8 Å². The Kier molecular flexibility index (Phi) is 14.7. The molecule has 12 heteroatoms. The zero-order valence-corrected chi connectivity index (χ0v) is 24.1. The first-order chi connectivity index (χ1) is 19.6. The number of carbonyl (C=O) groups is 4. The third kappa shape index (κ3) is 12.2. The topological polar surface area (TPSA) is 197 Å². The first-order valence-corrected chi connectivity index (χ1v) is 14.9. The highest BCUT2D eigenvalue weighted by Crippen LogP contribution is 2.13. The average Bonchev–Trinajstić information content (AvgIpc) is 2.96. The third-order valence-electron chi connectivity index (χ3n) is 6.46.